The van der Waals surface area contributed by atoms with Crippen molar-refractivity contribution >= 4 is 5.97 Å². The molecule has 1 aliphatic heterocycles. The number of hydrogen-bond donors (Lipinski definition) is 0. The quantitative estimate of drug-likeness (QED) is 0.618. The maximum Gasteiger partial charge on any atom is 0.312 e. The van der Waals surface area contributed by atoms with Crippen LogP contribution in [0.25, 0.3) is 0 Å². The number of esters is 1. The maximum atomic E-state index is 11.9. The molecule has 2 aromatic rings. The molecule has 1 heterocycles. The molecule has 3 nitrogen and oxygen atoms in total. The lowest BCUT2D eigenvalue weighted by Crippen LogP contribution is -2.21. The summed E-state index contributed by atoms with van der Waals surface area (Å²) in [6.07, 6.45) is 0.379. The third-order valence-electron chi connectivity index (χ3n) is 3.75. The van der Waals surface area contributed by atoms with Crippen LogP contribution in [0.2, 0.25) is 0 Å². The van der Waals surface area contributed by atoms with Gasteiger partial charge in [0.15, 0.2) is 0 Å². The summed E-state index contributed by atoms with van der Waals surface area (Å²) in [5.74, 6) is 1.16. The van der Waals surface area contributed by atoms with Gasteiger partial charge in [-0.25, -0.2) is 0 Å². The van der Waals surface area contributed by atoms with Crippen LogP contribution in [0.4, 0.5) is 0 Å². The van der Waals surface area contributed by atoms with Crippen molar-refractivity contribution in [2.75, 3.05) is 7.11 Å². The lowest BCUT2D eigenvalue weighted by atomic mass is 9.84. The van der Waals surface area contributed by atoms with Crippen LogP contribution in [0.3, 0.4) is 0 Å². The Balaban J connectivity index is 2.11. The van der Waals surface area contributed by atoms with Crippen molar-refractivity contribution in [3.63, 3.8) is 0 Å². The number of aryl methyl sites for hydroxylation is 1. The summed E-state index contributed by atoms with van der Waals surface area (Å²) in [4.78, 5) is 11.9. The molecular weight excluding hydrogens is 252 g/mol. The van der Waals surface area contributed by atoms with Gasteiger partial charge >= 0.3 is 5.97 Å². The minimum atomic E-state index is -0.195. The van der Waals surface area contributed by atoms with E-state index in [0.717, 1.165) is 5.56 Å². The van der Waals surface area contributed by atoms with Gasteiger partial charge in [0.05, 0.1) is 13.5 Å². The summed E-state index contributed by atoms with van der Waals surface area (Å²) in [6, 6.07) is 13.8. The Morgan fingerprint density at radius 2 is 1.95 bits per heavy atom. The Labute approximate surface area is 118 Å². The van der Waals surface area contributed by atoms with Crippen LogP contribution in [0.15, 0.2) is 42.5 Å². The Kier molecular flexibility index (Phi) is 3.18. The second-order valence-electron chi connectivity index (χ2n) is 4.99. The number of methoxy groups -OCH3 is 1. The zero-order valence-electron chi connectivity index (χ0n) is 11.6. The predicted molar refractivity (Wildman–Crippen MR) is 76.3 cm³/mol. The van der Waals surface area contributed by atoms with Crippen molar-refractivity contribution in [2.24, 2.45) is 0 Å². The van der Waals surface area contributed by atoms with Gasteiger partial charge in [-0.05, 0) is 24.1 Å². The molecular formula is C17H16O3. The minimum absolute atomic E-state index is 0.0540. The molecule has 0 aliphatic carbocycles. The van der Waals surface area contributed by atoms with E-state index in [2.05, 4.69) is 19.1 Å². The SMILES string of the molecule is COc1ccc2c(c1)OC(=O)CC2c1ccccc1C. The van der Waals surface area contributed by atoms with Crippen molar-refractivity contribution < 1.29 is 14.3 Å². The summed E-state index contributed by atoms with van der Waals surface area (Å²) >= 11 is 0. The molecule has 0 radical (unpaired) electrons. The molecule has 20 heavy (non-hydrogen) atoms. The average molecular weight is 268 g/mol. The maximum absolute atomic E-state index is 11.9. The van der Waals surface area contributed by atoms with Crippen LogP contribution < -0.4 is 9.47 Å². The van der Waals surface area contributed by atoms with E-state index in [4.69, 9.17) is 9.47 Å². The van der Waals surface area contributed by atoms with Crippen LogP contribution in [0.1, 0.15) is 29.0 Å². The molecule has 3 rings (SSSR count). The van der Waals surface area contributed by atoms with E-state index in [-0.39, 0.29) is 11.9 Å². The normalized spacial score (nSPS) is 17.3. The Morgan fingerprint density at radius 1 is 1.15 bits per heavy atom. The Morgan fingerprint density at radius 3 is 2.70 bits per heavy atom. The zero-order valence-corrected chi connectivity index (χ0v) is 11.6. The minimum Gasteiger partial charge on any atom is -0.497 e. The van der Waals surface area contributed by atoms with Crippen LogP contribution >= 0.6 is 0 Å². The molecule has 1 aliphatic rings. The van der Waals surface area contributed by atoms with Crippen molar-refractivity contribution in [3.8, 4) is 11.5 Å². The number of ether oxygens (including phenoxy) is 2. The van der Waals surface area contributed by atoms with Crippen LogP contribution in [-0.2, 0) is 4.79 Å². The van der Waals surface area contributed by atoms with Gasteiger partial charge in [0.2, 0.25) is 0 Å². The highest BCUT2D eigenvalue weighted by atomic mass is 16.5. The molecule has 102 valence electrons. The highest BCUT2D eigenvalue weighted by Crippen LogP contribution is 2.41. The van der Waals surface area contributed by atoms with Gasteiger partial charge in [-0.2, -0.15) is 0 Å². The Hall–Kier alpha value is -2.29. The first-order valence-electron chi connectivity index (χ1n) is 6.63. The van der Waals surface area contributed by atoms with Crippen LogP contribution in [0.5, 0.6) is 11.5 Å². The molecule has 0 aromatic heterocycles. The number of fused-ring (bicyclic) bond motifs is 1. The molecule has 0 fully saturated rings. The molecule has 3 heteroatoms. The summed E-state index contributed by atoms with van der Waals surface area (Å²) in [6.45, 7) is 2.07. The van der Waals surface area contributed by atoms with Crippen molar-refractivity contribution in [2.45, 2.75) is 19.3 Å². The lowest BCUT2D eigenvalue weighted by Gasteiger charge is -2.26. The van der Waals surface area contributed by atoms with Crippen molar-refractivity contribution in [1.82, 2.24) is 0 Å². The van der Waals surface area contributed by atoms with Gasteiger partial charge in [-0.3, -0.25) is 4.79 Å². The molecule has 2 aromatic carbocycles. The van der Waals surface area contributed by atoms with Gasteiger partial charge in [-0.15, -0.1) is 0 Å². The van der Waals surface area contributed by atoms with Gasteiger partial charge < -0.3 is 9.47 Å². The summed E-state index contributed by atoms with van der Waals surface area (Å²) in [5.41, 5.74) is 3.41. The molecule has 0 N–H and O–H groups in total. The average Bonchev–Trinajstić information content (AvgIpc) is 2.46. The molecule has 0 saturated heterocycles. The summed E-state index contributed by atoms with van der Waals surface area (Å²) in [7, 11) is 1.60. The fourth-order valence-corrected chi connectivity index (χ4v) is 2.71. The topological polar surface area (TPSA) is 35.5 Å². The fraction of sp³-hybridized carbons (Fsp3) is 0.235. The second-order valence-corrected chi connectivity index (χ2v) is 4.99. The van der Waals surface area contributed by atoms with Crippen LogP contribution in [-0.4, -0.2) is 13.1 Å². The number of carbonyl (C=O) groups excluding carboxylic acids is 1. The largest absolute Gasteiger partial charge is 0.497 e. The van der Waals surface area contributed by atoms with Gasteiger partial charge in [-0.1, -0.05) is 30.3 Å². The highest BCUT2D eigenvalue weighted by Gasteiger charge is 2.29. The fourth-order valence-electron chi connectivity index (χ4n) is 2.71. The molecule has 0 spiro atoms. The predicted octanol–water partition coefficient (Wildman–Crippen LogP) is 3.44. The van der Waals surface area contributed by atoms with Gasteiger partial charge in [0, 0.05) is 17.5 Å². The Bertz CT molecular complexity index is 661. The standard InChI is InChI=1S/C17H16O3/c1-11-5-3-4-6-13(11)15-10-17(18)20-16-9-12(19-2)7-8-14(15)16/h3-9,15H,10H2,1-2H3. The molecule has 0 amide bonds. The van der Waals surface area contributed by atoms with E-state index in [1.165, 1.54) is 11.1 Å². The third kappa shape index (κ3) is 2.16. The van der Waals surface area contributed by atoms with E-state index in [0.29, 0.717) is 17.9 Å². The lowest BCUT2D eigenvalue weighted by molar-refractivity contribution is -0.135. The highest BCUT2D eigenvalue weighted by molar-refractivity contribution is 5.78. The first-order valence-corrected chi connectivity index (χ1v) is 6.63. The number of benzene rings is 2. The summed E-state index contributed by atoms with van der Waals surface area (Å²) < 4.78 is 10.5. The first kappa shape index (κ1) is 12.7. The second kappa shape index (κ2) is 5.00. The van der Waals surface area contributed by atoms with E-state index >= 15 is 0 Å². The summed E-state index contributed by atoms with van der Waals surface area (Å²) in [5, 5.41) is 0. The third-order valence-corrected chi connectivity index (χ3v) is 3.75. The van der Waals surface area contributed by atoms with E-state index in [1.807, 2.05) is 24.3 Å². The van der Waals surface area contributed by atoms with E-state index < -0.39 is 0 Å². The van der Waals surface area contributed by atoms with Crippen LogP contribution in [0, 0.1) is 6.92 Å². The van der Waals surface area contributed by atoms with E-state index in [9.17, 15) is 4.79 Å². The zero-order chi connectivity index (χ0) is 14.1. The molecule has 1 atom stereocenters. The smallest absolute Gasteiger partial charge is 0.312 e. The van der Waals surface area contributed by atoms with Gasteiger partial charge in [0.1, 0.15) is 11.5 Å². The monoisotopic (exact) mass is 268 g/mol. The molecule has 0 bridgehead atoms. The number of hydrogen-bond acceptors (Lipinski definition) is 3. The van der Waals surface area contributed by atoms with Crippen molar-refractivity contribution in [1.29, 1.82) is 0 Å². The molecule has 1 unspecified atom stereocenters. The first-order chi connectivity index (χ1) is 9.69. The molecule has 0 saturated carbocycles. The van der Waals surface area contributed by atoms with Crippen molar-refractivity contribution in [3.05, 3.63) is 59.2 Å². The number of rotatable bonds is 2. The number of carbonyl (C=O) groups is 1. The van der Waals surface area contributed by atoms with Gasteiger partial charge in [0.25, 0.3) is 0 Å². The van der Waals surface area contributed by atoms with E-state index in [1.54, 1.807) is 13.2 Å².